The van der Waals surface area contributed by atoms with Crippen molar-refractivity contribution in [2.75, 3.05) is 31.1 Å². The molecule has 0 saturated heterocycles. The summed E-state index contributed by atoms with van der Waals surface area (Å²) in [7, 11) is 0. The normalized spacial score (nSPS) is 20.9. The van der Waals surface area contributed by atoms with E-state index in [4.69, 9.17) is 4.74 Å². The Morgan fingerprint density at radius 1 is 1.00 bits per heavy atom. The zero-order valence-electron chi connectivity index (χ0n) is 13.1. The smallest absolute Gasteiger partial charge is 0.261 e. The third-order valence-corrected chi connectivity index (χ3v) is 5.13. The summed E-state index contributed by atoms with van der Waals surface area (Å²) in [5.74, 6) is 0.670. The van der Waals surface area contributed by atoms with Crippen LogP contribution < -0.4 is 9.64 Å². The Kier molecular flexibility index (Phi) is 2.74. The van der Waals surface area contributed by atoms with Gasteiger partial charge in [-0.15, -0.1) is 0 Å². The molecule has 3 aliphatic rings. The Labute approximate surface area is 139 Å². The number of anilines is 1. The van der Waals surface area contributed by atoms with Gasteiger partial charge in [-0.1, -0.05) is 24.3 Å². The fourth-order valence-electron chi connectivity index (χ4n) is 4.03. The molecule has 5 rings (SSSR count). The fraction of sp³-hybridized carbons (Fsp3) is 0.263. The van der Waals surface area contributed by atoms with Gasteiger partial charge in [0.1, 0.15) is 12.4 Å². The van der Waals surface area contributed by atoms with Gasteiger partial charge in [-0.2, -0.15) is 0 Å². The number of fused-ring (bicyclic) bond motifs is 1. The first-order chi connectivity index (χ1) is 11.7. The summed E-state index contributed by atoms with van der Waals surface area (Å²) in [6.45, 7) is 2.77. The molecule has 0 aromatic heterocycles. The zero-order chi connectivity index (χ0) is 16.3. The molecule has 5 heteroatoms. The Morgan fingerprint density at radius 3 is 2.50 bits per heavy atom. The summed E-state index contributed by atoms with van der Waals surface area (Å²) in [5.41, 5.74) is 3.33. The van der Waals surface area contributed by atoms with E-state index in [1.54, 1.807) is 24.3 Å². The second-order valence-corrected chi connectivity index (χ2v) is 6.45. The highest BCUT2D eigenvalue weighted by atomic mass is 16.5. The number of nitrogens with zero attached hydrogens (tertiary/aromatic N) is 2. The van der Waals surface area contributed by atoms with Gasteiger partial charge in [-0.05, 0) is 23.8 Å². The number of carbonyl (C=O) groups is 2. The molecule has 0 aliphatic carbocycles. The molecule has 1 unspecified atom stereocenters. The third-order valence-electron chi connectivity index (χ3n) is 5.13. The van der Waals surface area contributed by atoms with Crippen LogP contribution in [0.25, 0.3) is 0 Å². The minimum atomic E-state index is -0.183. The average molecular weight is 320 g/mol. The van der Waals surface area contributed by atoms with E-state index in [-0.39, 0.29) is 17.7 Å². The number of carbonyl (C=O) groups excluding carboxylic acids is 2. The van der Waals surface area contributed by atoms with Crippen molar-refractivity contribution >= 4 is 17.5 Å². The van der Waals surface area contributed by atoms with Gasteiger partial charge in [0.15, 0.2) is 0 Å². The van der Waals surface area contributed by atoms with Crippen LogP contribution in [0.5, 0.6) is 5.75 Å². The van der Waals surface area contributed by atoms with Gasteiger partial charge >= 0.3 is 0 Å². The summed E-state index contributed by atoms with van der Waals surface area (Å²) < 4.78 is 5.74. The lowest BCUT2D eigenvalue weighted by atomic mass is 10.0. The van der Waals surface area contributed by atoms with E-state index in [0.717, 1.165) is 24.5 Å². The first-order valence-electron chi connectivity index (χ1n) is 8.20. The molecule has 5 nitrogen and oxygen atoms in total. The van der Waals surface area contributed by atoms with Crippen molar-refractivity contribution in [2.45, 2.75) is 5.92 Å². The van der Waals surface area contributed by atoms with Crippen molar-refractivity contribution in [3.05, 3.63) is 59.2 Å². The molecule has 0 radical (unpaired) electrons. The molecular weight excluding hydrogens is 304 g/mol. The number of imide groups is 1. The minimum Gasteiger partial charge on any atom is -0.490 e. The number of hydrogen-bond donors (Lipinski definition) is 0. The topological polar surface area (TPSA) is 49.9 Å². The van der Waals surface area contributed by atoms with Crippen molar-refractivity contribution in [1.29, 1.82) is 0 Å². The Morgan fingerprint density at radius 2 is 1.75 bits per heavy atom. The van der Waals surface area contributed by atoms with Crippen LogP contribution in [0.4, 0.5) is 5.69 Å². The molecule has 24 heavy (non-hydrogen) atoms. The molecule has 0 fully saturated rings. The van der Waals surface area contributed by atoms with E-state index in [1.165, 1.54) is 10.5 Å². The summed E-state index contributed by atoms with van der Waals surface area (Å²) in [4.78, 5) is 28.9. The predicted octanol–water partition coefficient (Wildman–Crippen LogP) is 2.28. The largest absolute Gasteiger partial charge is 0.490 e. The van der Waals surface area contributed by atoms with Crippen molar-refractivity contribution in [3.63, 3.8) is 0 Å². The van der Waals surface area contributed by atoms with Gasteiger partial charge in [-0.3, -0.25) is 14.5 Å². The number of ether oxygens (including phenoxy) is 1. The highest BCUT2D eigenvalue weighted by Crippen LogP contribution is 2.45. The molecule has 0 bridgehead atoms. The Hall–Kier alpha value is -2.82. The van der Waals surface area contributed by atoms with Gasteiger partial charge < -0.3 is 9.64 Å². The van der Waals surface area contributed by atoms with E-state index in [1.807, 2.05) is 12.1 Å². The molecule has 1 atom stereocenters. The van der Waals surface area contributed by atoms with Crippen molar-refractivity contribution < 1.29 is 14.3 Å². The van der Waals surface area contributed by atoms with Crippen molar-refractivity contribution in [2.24, 2.45) is 0 Å². The molecule has 3 heterocycles. The van der Waals surface area contributed by atoms with Crippen LogP contribution in [0.1, 0.15) is 32.2 Å². The average Bonchev–Trinajstić information content (AvgIpc) is 3.09. The van der Waals surface area contributed by atoms with E-state index in [9.17, 15) is 9.59 Å². The van der Waals surface area contributed by atoms with Crippen LogP contribution in [-0.2, 0) is 0 Å². The molecule has 3 aliphatic heterocycles. The van der Waals surface area contributed by atoms with Crippen LogP contribution in [0.2, 0.25) is 0 Å². The lowest BCUT2D eigenvalue weighted by molar-refractivity contribution is 0.0646. The Bertz CT molecular complexity index is 842. The quantitative estimate of drug-likeness (QED) is 0.797. The maximum atomic E-state index is 12.6. The molecule has 0 spiro atoms. The second-order valence-electron chi connectivity index (χ2n) is 6.45. The van der Waals surface area contributed by atoms with E-state index in [0.29, 0.717) is 24.3 Å². The number of para-hydroxylation sites is 1. The number of hydrogen-bond acceptors (Lipinski definition) is 4. The maximum absolute atomic E-state index is 12.6. The summed E-state index contributed by atoms with van der Waals surface area (Å²) in [6.07, 6.45) is 0. The highest BCUT2D eigenvalue weighted by molar-refractivity contribution is 6.21. The van der Waals surface area contributed by atoms with Gasteiger partial charge in [0.05, 0.1) is 23.4 Å². The first kappa shape index (κ1) is 13.6. The van der Waals surface area contributed by atoms with Crippen molar-refractivity contribution in [1.82, 2.24) is 4.90 Å². The second kappa shape index (κ2) is 4.84. The molecule has 0 saturated carbocycles. The van der Waals surface area contributed by atoms with Gasteiger partial charge in [-0.25, -0.2) is 0 Å². The van der Waals surface area contributed by atoms with E-state index < -0.39 is 0 Å². The SMILES string of the molecule is O=C1c2ccccc2C(=O)N1CC1CN2CCOc3cccc1c32. The Balaban J connectivity index is 1.48. The summed E-state index contributed by atoms with van der Waals surface area (Å²) >= 11 is 0. The van der Waals surface area contributed by atoms with Crippen LogP contribution in [0.15, 0.2) is 42.5 Å². The molecule has 120 valence electrons. The summed E-state index contributed by atoms with van der Waals surface area (Å²) in [5, 5.41) is 0. The van der Waals surface area contributed by atoms with Crippen LogP contribution >= 0.6 is 0 Å². The number of amides is 2. The standard InChI is InChI=1S/C19H16N2O3/c22-18-14-4-1-2-5-15(14)19(23)21(18)11-12-10-20-8-9-24-16-7-3-6-13(12)17(16)20/h1-7,12H,8-11H2. The fourth-order valence-corrected chi connectivity index (χ4v) is 4.03. The zero-order valence-corrected chi connectivity index (χ0v) is 13.1. The molecule has 2 aromatic carbocycles. The minimum absolute atomic E-state index is 0.129. The van der Waals surface area contributed by atoms with Crippen LogP contribution in [-0.4, -0.2) is 43.0 Å². The van der Waals surface area contributed by atoms with E-state index >= 15 is 0 Å². The van der Waals surface area contributed by atoms with Crippen LogP contribution in [0, 0.1) is 0 Å². The molecule has 2 aromatic rings. The van der Waals surface area contributed by atoms with Gasteiger partial charge in [0, 0.05) is 19.0 Å². The third kappa shape index (κ3) is 1.75. The number of benzene rings is 2. The predicted molar refractivity (Wildman–Crippen MR) is 88.7 cm³/mol. The lowest BCUT2D eigenvalue weighted by Crippen LogP contribution is -2.36. The maximum Gasteiger partial charge on any atom is 0.261 e. The van der Waals surface area contributed by atoms with E-state index in [2.05, 4.69) is 11.0 Å². The first-order valence-corrected chi connectivity index (χ1v) is 8.20. The van der Waals surface area contributed by atoms with Crippen LogP contribution in [0.3, 0.4) is 0 Å². The molecule has 0 N–H and O–H groups in total. The number of rotatable bonds is 2. The van der Waals surface area contributed by atoms with Crippen molar-refractivity contribution in [3.8, 4) is 5.75 Å². The van der Waals surface area contributed by atoms with Gasteiger partial charge in [0.25, 0.3) is 11.8 Å². The molecule has 2 amide bonds. The summed E-state index contributed by atoms with van der Waals surface area (Å²) in [6, 6.07) is 13.1. The lowest BCUT2D eigenvalue weighted by Gasteiger charge is -2.27. The van der Waals surface area contributed by atoms with Gasteiger partial charge in [0.2, 0.25) is 0 Å². The monoisotopic (exact) mass is 320 g/mol. The molecular formula is C19H16N2O3. The highest BCUT2D eigenvalue weighted by Gasteiger charge is 2.40.